The summed E-state index contributed by atoms with van der Waals surface area (Å²) >= 11 is 1.41. The largest absolute Gasteiger partial charge is 0.490 e. The maximum atomic E-state index is 12.8. The highest BCUT2D eigenvalue weighted by atomic mass is 32.2. The first-order valence-electron chi connectivity index (χ1n) is 10.00. The summed E-state index contributed by atoms with van der Waals surface area (Å²) in [7, 11) is 0. The van der Waals surface area contributed by atoms with Crippen molar-refractivity contribution in [2.75, 3.05) is 17.3 Å². The van der Waals surface area contributed by atoms with Gasteiger partial charge in [0.25, 0.3) is 0 Å². The molecular weight excluding hydrogens is 424 g/mol. The zero-order valence-electron chi connectivity index (χ0n) is 17.6. The van der Waals surface area contributed by atoms with E-state index in [0.29, 0.717) is 40.5 Å². The third-order valence-corrected chi connectivity index (χ3v) is 5.55. The normalized spacial score (nSPS) is 14.4. The minimum Gasteiger partial charge on any atom is -0.490 e. The number of benzene rings is 2. The average molecular weight is 447 g/mol. The van der Waals surface area contributed by atoms with E-state index < -0.39 is 6.23 Å². The molecule has 2 aromatic carbocycles. The minimum absolute atomic E-state index is 0.170. The molecule has 0 radical (unpaired) electrons. The summed E-state index contributed by atoms with van der Waals surface area (Å²) in [6, 6.07) is 14.9. The Balaban J connectivity index is 1.82. The van der Waals surface area contributed by atoms with E-state index in [9.17, 15) is 4.79 Å². The number of nitrogens with zero attached hydrogens (tertiary/aromatic N) is 4. The van der Waals surface area contributed by atoms with Crippen LogP contribution in [0.1, 0.15) is 18.7 Å². The minimum atomic E-state index is -0.739. The Morgan fingerprint density at radius 3 is 2.66 bits per heavy atom. The zero-order chi connectivity index (χ0) is 22.5. The van der Waals surface area contributed by atoms with Crippen molar-refractivity contribution in [1.29, 1.82) is 0 Å². The molecule has 32 heavy (non-hydrogen) atoms. The highest BCUT2D eigenvalue weighted by Crippen LogP contribution is 2.43. The number of hydrogen-bond acceptors (Lipinski definition) is 7. The fourth-order valence-corrected chi connectivity index (χ4v) is 3.86. The zero-order valence-corrected chi connectivity index (χ0v) is 18.4. The fourth-order valence-electron chi connectivity index (χ4n) is 3.35. The van der Waals surface area contributed by atoms with Crippen LogP contribution in [0.3, 0.4) is 0 Å². The standard InChI is InChI=1S/C24H22N4O3S/c1-4-14-30-18-12-10-17(11-13-18)23-28(16(3)29)20-9-7-6-8-19(20)21-22(31-23)25-24(27-26-21)32-15-5-2/h4-13,23H,1-2,14-15H2,3H3. The Kier molecular flexibility index (Phi) is 6.51. The molecule has 0 aliphatic carbocycles. The van der Waals surface area contributed by atoms with Gasteiger partial charge in [0.15, 0.2) is 5.69 Å². The molecule has 1 aromatic heterocycles. The molecule has 0 N–H and O–H groups in total. The molecule has 1 atom stereocenters. The van der Waals surface area contributed by atoms with Crippen LogP contribution in [0.4, 0.5) is 5.69 Å². The molecule has 1 aliphatic rings. The molecular formula is C24H22N4O3S. The van der Waals surface area contributed by atoms with Gasteiger partial charge in [-0.25, -0.2) is 0 Å². The Morgan fingerprint density at radius 1 is 1.16 bits per heavy atom. The van der Waals surface area contributed by atoms with Crippen LogP contribution in [0.15, 0.2) is 79.0 Å². The molecule has 0 bridgehead atoms. The summed E-state index contributed by atoms with van der Waals surface area (Å²) in [5, 5.41) is 9.08. The van der Waals surface area contributed by atoms with E-state index in [2.05, 4.69) is 28.3 Å². The molecule has 8 heteroatoms. The van der Waals surface area contributed by atoms with Crippen molar-refractivity contribution in [2.45, 2.75) is 18.3 Å². The average Bonchev–Trinajstić information content (AvgIpc) is 2.96. The number of ether oxygens (including phenoxy) is 2. The fraction of sp³-hybridized carbons (Fsp3) is 0.167. The van der Waals surface area contributed by atoms with Gasteiger partial charge in [0, 0.05) is 23.8 Å². The van der Waals surface area contributed by atoms with Gasteiger partial charge >= 0.3 is 0 Å². The second-order valence-electron chi connectivity index (χ2n) is 6.89. The first kappa shape index (κ1) is 21.6. The Hall–Kier alpha value is -3.65. The van der Waals surface area contributed by atoms with Crippen LogP contribution in [0.5, 0.6) is 11.6 Å². The molecule has 1 amide bonds. The number of thioether (sulfide) groups is 1. The van der Waals surface area contributed by atoms with Crippen molar-refractivity contribution >= 4 is 23.4 Å². The van der Waals surface area contributed by atoms with E-state index in [-0.39, 0.29) is 5.91 Å². The number of para-hydroxylation sites is 1. The molecule has 2 heterocycles. The predicted molar refractivity (Wildman–Crippen MR) is 125 cm³/mol. The van der Waals surface area contributed by atoms with Gasteiger partial charge in [0.2, 0.25) is 23.2 Å². The molecule has 0 saturated carbocycles. The number of fused-ring (bicyclic) bond motifs is 3. The number of anilines is 1. The van der Waals surface area contributed by atoms with Gasteiger partial charge < -0.3 is 9.47 Å². The number of carbonyl (C=O) groups is 1. The second-order valence-corrected chi connectivity index (χ2v) is 7.88. The van der Waals surface area contributed by atoms with E-state index in [4.69, 9.17) is 9.47 Å². The molecule has 3 aromatic rings. The van der Waals surface area contributed by atoms with Crippen molar-refractivity contribution in [1.82, 2.24) is 15.2 Å². The van der Waals surface area contributed by atoms with Gasteiger partial charge in [-0.15, -0.1) is 16.8 Å². The summed E-state index contributed by atoms with van der Waals surface area (Å²) in [5.41, 5.74) is 2.67. The molecule has 0 saturated heterocycles. The van der Waals surface area contributed by atoms with Crippen LogP contribution in [-0.4, -0.2) is 33.4 Å². The van der Waals surface area contributed by atoms with Gasteiger partial charge in [-0.05, 0) is 30.3 Å². The van der Waals surface area contributed by atoms with E-state index in [1.807, 2.05) is 48.5 Å². The summed E-state index contributed by atoms with van der Waals surface area (Å²) < 4.78 is 11.9. The Labute approximate surface area is 190 Å². The quantitative estimate of drug-likeness (QED) is 0.380. The lowest BCUT2D eigenvalue weighted by Gasteiger charge is -2.30. The topological polar surface area (TPSA) is 77.4 Å². The lowest BCUT2D eigenvalue weighted by atomic mass is 10.1. The van der Waals surface area contributed by atoms with Gasteiger partial charge in [-0.2, -0.15) is 4.98 Å². The van der Waals surface area contributed by atoms with Crippen molar-refractivity contribution in [3.05, 3.63) is 79.4 Å². The van der Waals surface area contributed by atoms with Crippen LogP contribution in [0, 0.1) is 0 Å². The maximum absolute atomic E-state index is 12.8. The number of hydrogen-bond donors (Lipinski definition) is 0. The van der Waals surface area contributed by atoms with Crippen LogP contribution < -0.4 is 14.4 Å². The van der Waals surface area contributed by atoms with E-state index >= 15 is 0 Å². The Bertz CT molecular complexity index is 1150. The van der Waals surface area contributed by atoms with Crippen LogP contribution in [0.2, 0.25) is 0 Å². The maximum Gasteiger partial charge on any atom is 0.247 e. The smallest absolute Gasteiger partial charge is 0.247 e. The summed E-state index contributed by atoms with van der Waals surface area (Å²) in [6.45, 7) is 9.31. The first-order chi connectivity index (χ1) is 15.6. The number of aromatic nitrogens is 3. The van der Waals surface area contributed by atoms with Gasteiger partial charge in [0.1, 0.15) is 12.4 Å². The number of carbonyl (C=O) groups excluding carboxylic acids is 1. The molecule has 1 unspecified atom stereocenters. The van der Waals surface area contributed by atoms with Gasteiger partial charge in [-0.1, -0.05) is 48.7 Å². The molecule has 1 aliphatic heterocycles. The van der Waals surface area contributed by atoms with Crippen molar-refractivity contribution < 1.29 is 14.3 Å². The first-order valence-corrected chi connectivity index (χ1v) is 11.0. The lowest BCUT2D eigenvalue weighted by Crippen LogP contribution is -2.36. The third kappa shape index (κ3) is 4.36. The molecule has 0 spiro atoms. The van der Waals surface area contributed by atoms with Crippen molar-refractivity contribution in [3.63, 3.8) is 0 Å². The molecule has 7 nitrogen and oxygen atoms in total. The van der Waals surface area contributed by atoms with E-state index in [1.54, 1.807) is 17.1 Å². The summed E-state index contributed by atoms with van der Waals surface area (Å²) in [6.07, 6.45) is 2.71. The lowest BCUT2D eigenvalue weighted by molar-refractivity contribution is -0.118. The summed E-state index contributed by atoms with van der Waals surface area (Å²) in [4.78, 5) is 19.0. The van der Waals surface area contributed by atoms with Crippen LogP contribution >= 0.6 is 11.8 Å². The van der Waals surface area contributed by atoms with E-state index in [0.717, 1.165) is 11.1 Å². The predicted octanol–water partition coefficient (Wildman–Crippen LogP) is 4.83. The van der Waals surface area contributed by atoms with Crippen LogP contribution in [-0.2, 0) is 4.79 Å². The van der Waals surface area contributed by atoms with Gasteiger partial charge in [-0.3, -0.25) is 9.69 Å². The van der Waals surface area contributed by atoms with Crippen LogP contribution in [0.25, 0.3) is 11.3 Å². The Morgan fingerprint density at radius 2 is 1.94 bits per heavy atom. The highest BCUT2D eigenvalue weighted by molar-refractivity contribution is 7.99. The number of amides is 1. The third-order valence-electron chi connectivity index (χ3n) is 4.71. The molecule has 4 rings (SSSR count). The second kappa shape index (κ2) is 9.65. The molecule has 162 valence electrons. The van der Waals surface area contributed by atoms with Crippen molar-refractivity contribution in [3.8, 4) is 22.9 Å². The monoisotopic (exact) mass is 446 g/mol. The molecule has 0 fully saturated rings. The van der Waals surface area contributed by atoms with E-state index in [1.165, 1.54) is 18.7 Å². The number of rotatable bonds is 7. The van der Waals surface area contributed by atoms with Gasteiger partial charge in [0.05, 0.1) is 5.69 Å². The van der Waals surface area contributed by atoms with Crippen molar-refractivity contribution in [2.24, 2.45) is 0 Å². The highest BCUT2D eigenvalue weighted by Gasteiger charge is 2.34. The SMILES string of the molecule is C=CCOc1ccc(C2Oc3nc(SCC=C)nnc3-c3ccccc3N2C(C)=O)cc1. The summed E-state index contributed by atoms with van der Waals surface area (Å²) in [5.74, 6) is 1.49.